The fourth-order valence-electron chi connectivity index (χ4n) is 1.45. The van der Waals surface area contributed by atoms with E-state index in [1.807, 2.05) is 0 Å². The molecule has 0 aliphatic heterocycles. The molecule has 0 unspecified atom stereocenters. The van der Waals surface area contributed by atoms with Gasteiger partial charge in [0, 0.05) is 11.6 Å². The highest BCUT2D eigenvalue weighted by Crippen LogP contribution is 2.21. The molecule has 0 saturated heterocycles. The Kier molecular flexibility index (Phi) is 3.15. The van der Waals surface area contributed by atoms with Crippen molar-refractivity contribution in [3.8, 4) is 11.3 Å². The Hall–Kier alpha value is -1.81. The maximum atomic E-state index is 13.6. The van der Waals surface area contributed by atoms with Crippen LogP contribution in [0, 0.1) is 5.82 Å². The number of nitrogens with zero attached hydrogens (tertiary/aromatic N) is 2. The van der Waals surface area contributed by atoms with Crippen LogP contribution in [0.15, 0.2) is 30.6 Å². The largest absolute Gasteiger partial charge is 0.294 e. The van der Waals surface area contributed by atoms with Crippen molar-refractivity contribution in [3.05, 3.63) is 47.1 Å². The second kappa shape index (κ2) is 4.59. The summed E-state index contributed by atoms with van der Waals surface area (Å²) in [7, 11) is 0. The first-order valence-corrected chi connectivity index (χ1v) is 5.24. The first kappa shape index (κ1) is 11.7. The summed E-state index contributed by atoms with van der Waals surface area (Å²) >= 11 is 5.72. The lowest BCUT2D eigenvalue weighted by atomic mass is 10.1. The molecule has 3 nitrogen and oxygen atoms in total. The number of Topliss-reactive ketones (excluding diaryl/α,β-unsaturated/α-hetero) is 1. The molecule has 0 saturated carbocycles. The lowest BCUT2D eigenvalue weighted by molar-refractivity contribution is 0.101. The molecule has 0 aliphatic carbocycles. The van der Waals surface area contributed by atoms with Crippen molar-refractivity contribution in [2.24, 2.45) is 0 Å². The molecule has 0 radical (unpaired) electrons. The van der Waals surface area contributed by atoms with E-state index in [0.717, 1.165) is 0 Å². The Morgan fingerprint density at radius 2 is 2.06 bits per heavy atom. The summed E-state index contributed by atoms with van der Waals surface area (Å²) in [5, 5.41) is 0.283. The maximum absolute atomic E-state index is 13.6. The lowest BCUT2D eigenvalue weighted by Crippen LogP contribution is -1.97. The molecular formula is C12H8ClFN2O. The van der Waals surface area contributed by atoms with Crippen LogP contribution in [0.2, 0.25) is 5.15 Å². The fraction of sp³-hybridized carbons (Fsp3) is 0.0833. The molecular weight excluding hydrogens is 243 g/mol. The summed E-state index contributed by atoms with van der Waals surface area (Å²) in [6, 6.07) is 5.85. The average Bonchev–Trinajstić information content (AvgIpc) is 2.28. The van der Waals surface area contributed by atoms with Crippen LogP contribution >= 0.6 is 11.6 Å². The second-order valence-electron chi connectivity index (χ2n) is 3.48. The average molecular weight is 251 g/mol. The molecule has 1 heterocycles. The number of rotatable bonds is 2. The molecule has 0 amide bonds. The highest BCUT2D eigenvalue weighted by molar-refractivity contribution is 6.29. The molecule has 0 fully saturated rings. The number of benzene rings is 1. The Morgan fingerprint density at radius 1 is 1.29 bits per heavy atom. The number of hydrogen-bond acceptors (Lipinski definition) is 3. The zero-order valence-corrected chi connectivity index (χ0v) is 9.70. The van der Waals surface area contributed by atoms with Gasteiger partial charge in [0.1, 0.15) is 17.3 Å². The first-order valence-electron chi connectivity index (χ1n) is 4.86. The van der Waals surface area contributed by atoms with Crippen molar-refractivity contribution in [3.63, 3.8) is 0 Å². The smallest absolute Gasteiger partial charge is 0.162 e. The molecule has 1 aromatic heterocycles. The Balaban J connectivity index is 2.48. The van der Waals surface area contributed by atoms with E-state index in [-0.39, 0.29) is 16.5 Å². The summed E-state index contributed by atoms with van der Waals surface area (Å²) in [4.78, 5) is 18.8. The third-order valence-electron chi connectivity index (χ3n) is 2.28. The minimum Gasteiger partial charge on any atom is -0.294 e. The van der Waals surface area contributed by atoms with Crippen molar-refractivity contribution in [1.29, 1.82) is 0 Å². The highest BCUT2D eigenvalue weighted by atomic mass is 35.5. The van der Waals surface area contributed by atoms with Gasteiger partial charge in [0.05, 0.1) is 11.3 Å². The maximum Gasteiger partial charge on any atom is 0.162 e. The van der Waals surface area contributed by atoms with Gasteiger partial charge < -0.3 is 0 Å². The van der Waals surface area contributed by atoms with Crippen LogP contribution in [-0.2, 0) is 0 Å². The molecule has 5 heteroatoms. The molecule has 0 N–H and O–H groups in total. The SMILES string of the molecule is CC(=O)c1ccc(-c2cc(Cl)ncn2)cc1F. The summed E-state index contributed by atoms with van der Waals surface area (Å²) in [5.41, 5.74) is 1.13. The van der Waals surface area contributed by atoms with E-state index in [9.17, 15) is 9.18 Å². The molecule has 0 bridgehead atoms. The monoisotopic (exact) mass is 250 g/mol. The Morgan fingerprint density at radius 3 is 2.65 bits per heavy atom. The molecule has 2 aromatic rings. The third-order valence-corrected chi connectivity index (χ3v) is 2.48. The van der Waals surface area contributed by atoms with E-state index in [1.54, 1.807) is 6.07 Å². The quantitative estimate of drug-likeness (QED) is 0.607. The summed E-state index contributed by atoms with van der Waals surface area (Å²) in [6.45, 7) is 1.32. The Bertz CT molecular complexity index is 586. The van der Waals surface area contributed by atoms with Gasteiger partial charge in [-0.25, -0.2) is 14.4 Å². The summed E-state index contributed by atoms with van der Waals surface area (Å²) in [5.74, 6) is -0.875. The zero-order chi connectivity index (χ0) is 12.4. The van der Waals surface area contributed by atoms with Crippen LogP contribution in [0.1, 0.15) is 17.3 Å². The number of hydrogen-bond donors (Lipinski definition) is 0. The normalized spacial score (nSPS) is 10.3. The van der Waals surface area contributed by atoms with Gasteiger partial charge in [0.15, 0.2) is 5.78 Å². The Labute approximate surface area is 102 Å². The third kappa shape index (κ3) is 2.47. The van der Waals surface area contributed by atoms with E-state index in [4.69, 9.17) is 11.6 Å². The molecule has 0 aliphatic rings. The molecule has 2 rings (SSSR count). The van der Waals surface area contributed by atoms with Crippen molar-refractivity contribution < 1.29 is 9.18 Å². The van der Waals surface area contributed by atoms with Crippen molar-refractivity contribution >= 4 is 17.4 Å². The lowest BCUT2D eigenvalue weighted by Gasteiger charge is -2.03. The van der Waals surface area contributed by atoms with E-state index in [2.05, 4.69) is 9.97 Å². The molecule has 0 atom stereocenters. The van der Waals surface area contributed by atoms with Gasteiger partial charge in [0.2, 0.25) is 0 Å². The van der Waals surface area contributed by atoms with Crippen LogP contribution < -0.4 is 0 Å². The van der Waals surface area contributed by atoms with Crippen LogP contribution in [0.25, 0.3) is 11.3 Å². The van der Waals surface area contributed by atoms with Crippen molar-refractivity contribution in [2.75, 3.05) is 0 Å². The van der Waals surface area contributed by atoms with Crippen LogP contribution in [0.4, 0.5) is 4.39 Å². The fourth-order valence-corrected chi connectivity index (χ4v) is 1.60. The van der Waals surface area contributed by atoms with Crippen molar-refractivity contribution in [2.45, 2.75) is 6.92 Å². The van der Waals surface area contributed by atoms with Gasteiger partial charge in [-0.3, -0.25) is 4.79 Å². The van der Waals surface area contributed by atoms with E-state index in [1.165, 1.54) is 31.5 Å². The van der Waals surface area contributed by atoms with E-state index in [0.29, 0.717) is 11.3 Å². The van der Waals surface area contributed by atoms with Crippen molar-refractivity contribution in [1.82, 2.24) is 9.97 Å². The van der Waals surface area contributed by atoms with Gasteiger partial charge in [-0.1, -0.05) is 17.7 Å². The standard InChI is InChI=1S/C12H8ClFN2O/c1-7(17)9-3-2-8(4-10(9)14)11-5-12(13)16-6-15-11/h2-6H,1H3. The van der Waals surface area contributed by atoms with Gasteiger partial charge >= 0.3 is 0 Å². The number of carbonyl (C=O) groups is 1. The minimum atomic E-state index is -0.565. The molecule has 17 heavy (non-hydrogen) atoms. The number of carbonyl (C=O) groups excluding carboxylic acids is 1. The minimum absolute atomic E-state index is 0.0638. The zero-order valence-electron chi connectivity index (χ0n) is 8.95. The predicted molar refractivity (Wildman–Crippen MR) is 62.4 cm³/mol. The highest BCUT2D eigenvalue weighted by Gasteiger charge is 2.09. The molecule has 1 aromatic carbocycles. The summed E-state index contributed by atoms with van der Waals surface area (Å²) < 4.78 is 13.6. The van der Waals surface area contributed by atoms with E-state index >= 15 is 0 Å². The van der Waals surface area contributed by atoms with Gasteiger partial charge in [-0.2, -0.15) is 0 Å². The van der Waals surface area contributed by atoms with Gasteiger partial charge in [0.25, 0.3) is 0 Å². The molecule has 0 spiro atoms. The van der Waals surface area contributed by atoms with Crippen LogP contribution in [-0.4, -0.2) is 15.8 Å². The van der Waals surface area contributed by atoms with E-state index < -0.39 is 5.82 Å². The number of aromatic nitrogens is 2. The number of ketones is 1. The second-order valence-corrected chi connectivity index (χ2v) is 3.86. The van der Waals surface area contributed by atoms with Gasteiger partial charge in [-0.15, -0.1) is 0 Å². The topological polar surface area (TPSA) is 42.9 Å². The van der Waals surface area contributed by atoms with Gasteiger partial charge in [-0.05, 0) is 19.1 Å². The van der Waals surface area contributed by atoms with Crippen LogP contribution in [0.3, 0.4) is 0 Å². The predicted octanol–water partition coefficient (Wildman–Crippen LogP) is 3.14. The molecule has 86 valence electrons. The van der Waals surface area contributed by atoms with Crippen LogP contribution in [0.5, 0.6) is 0 Å². The number of halogens is 2. The summed E-state index contributed by atoms with van der Waals surface area (Å²) in [6.07, 6.45) is 1.30. The first-order chi connectivity index (χ1) is 8.08.